The molecule has 36 heavy (non-hydrogen) atoms. The van der Waals surface area contributed by atoms with Crippen molar-refractivity contribution < 1.29 is 43.2 Å². The second-order valence-corrected chi connectivity index (χ2v) is 7.73. The van der Waals surface area contributed by atoms with Gasteiger partial charge in [-0.05, 0) is 25.7 Å². The van der Waals surface area contributed by atoms with Gasteiger partial charge < -0.3 is 24.1 Å². The lowest BCUT2D eigenvalue weighted by Crippen LogP contribution is -2.54. The third kappa shape index (κ3) is 8.81. The van der Waals surface area contributed by atoms with Crippen molar-refractivity contribution in [3.63, 3.8) is 0 Å². The Labute approximate surface area is 212 Å². The first kappa shape index (κ1) is 32.3. The van der Waals surface area contributed by atoms with Gasteiger partial charge >= 0.3 is 23.9 Å². The Bertz CT molecular complexity index is 820. The molecular weight excluding hydrogens is 468 g/mol. The molecule has 0 bridgehead atoms. The minimum atomic E-state index is -1.56. The van der Waals surface area contributed by atoms with E-state index in [1.54, 1.807) is 0 Å². The van der Waals surface area contributed by atoms with Crippen LogP contribution in [0.3, 0.4) is 0 Å². The number of hydrogen-bond acceptors (Lipinski definition) is 9. The van der Waals surface area contributed by atoms with Gasteiger partial charge in [-0.25, -0.2) is 9.59 Å². The number of allylic oxidation sites excluding steroid dienone is 4. The highest BCUT2D eigenvalue weighted by Crippen LogP contribution is 2.53. The number of hydrogen-bond donors (Lipinski definition) is 1. The number of carbonyl (C=O) groups is 4. The van der Waals surface area contributed by atoms with Crippen LogP contribution in [0.4, 0.5) is 0 Å². The molecule has 0 saturated carbocycles. The molecule has 0 amide bonds. The predicted molar refractivity (Wildman–Crippen MR) is 134 cm³/mol. The van der Waals surface area contributed by atoms with Crippen LogP contribution in [0.2, 0.25) is 0 Å². The number of aliphatic hydroxyl groups excluding tert-OH is 1. The molecule has 1 unspecified atom stereocenters. The van der Waals surface area contributed by atoms with Crippen molar-refractivity contribution in [3.05, 3.63) is 75.9 Å². The SMILES string of the molecule is C=CCC(CC=C)(C(=O)OCCOC(=O)C=C)C(CC=C)(CC=C)C(=O)OCC(O)COC(=O)C=C. The van der Waals surface area contributed by atoms with Crippen LogP contribution in [0.25, 0.3) is 0 Å². The summed E-state index contributed by atoms with van der Waals surface area (Å²) in [6, 6.07) is 0. The average molecular weight is 505 g/mol. The van der Waals surface area contributed by atoms with Gasteiger partial charge in [0.15, 0.2) is 0 Å². The molecule has 0 spiro atoms. The molecule has 0 aliphatic carbocycles. The summed E-state index contributed by atoms with van der Waals surface area (Å²) in [6.45, 7) is 20.1. The summed E-state index contributed by atoms with van der Waals surface area (Å²) >= 11 is 0. The van der Waals surface area contributed by atoms with Gasteiger partial charge in [0.05, 0.1) is 10.8 Å². The molecule has 0 saturated heterocycles. The minimum absolute atomic E-state index is 0.000575. The highest BCUT2D eigenvalue weighted by molar-refractivity contribution is 5.89. The first-order chi connectivity index (χ1) is 17.1. The Hall–Kier alpha value is -3.72. The highest BCUT2D eigenvalue weighted by Gasteiger charge is 2.60. The molecule has 9 heteroatoms. The summed E-state index contributed by atoms with van der Waals surface area (Å²) < 4.78 is 20.4. The number of esters is 4. The fraction of sp³-hybridized carbons (Fsp3) is 0.407. The second kappa shape index (κ2) is 16.8. The molecule has 0 aromatic carbocycles. The third-order valence-corrected chi connectivity index (χ3v) is 5.39. The monoisotopic (exact) mass is 504 g/mol. The van der Waals surface area contributed by atoms with E-state index in [2.05, 4.69) is 39.5 Å². The van der Waals surface area contributed by atoms with Crippen LogP contribution in [-0.2, 0) is 38.1 Å². The topological polar surface area (TPSA) is 125 Å². The molecule has 0 rings (SSSR count). The van der Waals surface area contributed by atoms with Gasteiger partial charge in [0.2, 0.25) is 0 Å². The zero-order valence-corrected chi connectivity index (χ0v) is 20.7. The van der Waals surface area contributed by atoms with E-state index in [4.69, 9.17) is 18.9 Å². The number of rotatable bonds is 20. The van der Waals surface area contributed by atoms with Crippen LogP contribution in [0.1, 0.15) is 25.7 Å². The second-order valence-electron chi connectivity index (χ2n) is 7.73. The van der Waals surface area contributed by atoms with E-state index in [1.165, 1.54) is 24.3 Å². The molecule has 198 valence electrons. The van der Waals surface area contributed by atoms with Crippen molar-refractivity contribution in [2.24, 2.45) is 10.8 Å². The van der Waals surface area contributed by atoms with Gasteiger partial charge in [-0.15, -0.1) is 26.3 Å². The molecule has 0 aliphatic rings. The Morgan fingerprint density at radius 3 is 1.39 bits per heavy atom. The first-order valence-electron chi connectivity index (χ1n) is 11.2. The maximum absolute atomic E-state index is 13.6. The van der Waals surface area contributed by atoms with E-state index in [-0.39, 0.29) is 38.9 Å². The first-order valence-corrected chi connectivity index (χ1v) is 11.2. The molecule has 0 aliphatic heterocycles. The normalized spacial score (nSPS) is 11.7. The summed E-state index contributed by atoms with van der Waals surface area (Å²) in [6.07, 6.45) is 6.44. The van der Waals surface area contributed by atoms with Gasteiger partial charge in [0.25, 0.3) is 0 Å². The maximum atomic E-state index is 13.6. The largest absolute Gasteiger partial charge is 0.462 e. The van der Waals surface area contributed by atoms with Gasteiger partial charge in [0, 0.05) is 12.2 Å². The number of aliphatic hydroxyl groups is 1. The van der Waals surface area contributed by atoms with Crippen LogP contribution in [0, 0.1) is 10.8 Å². The number of carbonyl (C=O) groups excluding carboxylic acids is 4. The molecule has 0 fully saturated rings. The zero-order chi connectivity index (χ0) is 27.6. The summed E-state index contributed by atoms with van der Waals surface area (Å²) in [7, 11) is 0. The molecule has 9 nitrogen and oxygen atoms in total. The molecule has 0 radical (unpaired) electrons. The van der Waals surface area contributed by atoms with Gasteiger partial charge in [-0.3, -0.25) is 9.59 Å². The summed E-state index contributed by atoms with van der Waals surface area (Å²) in [4.78, 5) is 49.6. The van der Waals surface area contributed by atoms with Crippen molar-refractivity contribution in [2.45, 2.75) is 31.8 Å². The average Bonchev–Trinajstić information content (AvgIpc) is 2.87. The standard InChI is InChI=1S/C27H36O9/c1-7-13-26(14-8-2,24(31)34-18-17-33-22(29)11-5)27(15-9-3,16-10-4)25(32)36-20-21(28)19-35-23(30)12-6/h7-12,21,28H,1-6,13-20H2. The molecular formula is C27H36O9. The van der Waals surface area contributed by atoms with E-state index >= 15 is 0 Å². The van der Waals surface area contributed by atoms with Gasteiger partial charge in [0.1, 0.15) is 32.5 Å². The van der Waals surface area contributed by atoms with E-state index in [0.717, 1.165) is 12.2 Å². The fourth-order valence-corrected chi connectivity index (χ4v) is 3.73. The summed E-state index contributed by atoms with van der Waals surface area (Å²) in [5.41, 5.74) is -3.11. The Balaban J connectivity index is 6.16. The van der Waals surface area contributed by atoms with E-state index < -0.39 is 54.0 Å². The highest BCUT2D eigenvalue weighted by atomic mass is 16.6. The fourth-order valence-electron chi connectivity index (χ4n) is 3.73. The Kier molecular flexibility index (Phi) is 15.1. The van der Waals surface area contributed by atoms with Crippen molar-refractivity contribution in [3.8, 4) is 0 Å². The van der Waals surface area contributed by atoms with Crippen LogP contribution >= 0.6 is 0 Å². The smallest absolute Gasteiger partial charge is 0.330 e. The van der Waals surface area contributed by atoms with E-state index in [9.17, 15) is 24.3 Å². The maximum Gasteiger partial charge on any atom is 0.330 e. The minimum Gasteiger partial charge on any atom is -0.462 e. The molecule has 0 aromatic rings. The Morgan fingerprint density at radius 2 is 0.972 bits per heavy atom. The predicted octanol–water partition coefficient (Wildman–Crippen LogP) is 3.17. The molecule has 0 heterocycles. The van der Waals surface area contributed by atoms with Gasteiger partial charge in [-0.2, -0.15) is 0 Å². The van der Waals surface area contributed by atoms with E-state index in [1.807, 2.05) is 0 Å². The lowest BCUT2D eigenvalue weighted by molar-refractivity contribution is -0.184. The van der Waals surface area contributed by atoms with Crippen molar-refractivity contribution in [1.29, 1.82) is 0 Å². The molecule has 1 atom stereocenters. The quantitative estimate of drug-likeness (QED) is 0.0875. The van der Waals surface area contributed by atoms with Crippen molar-refractivity contribution >= 4 is 23.9 Å². The van der Waals surface area contributed by atoms with Crippen LogP contribution in [0.15, 0.2) is 75.9 Å². The zero-order valence-electron chi connectivity index (χ0n) is 20.7. The van der Waals surface area contributed by atoms with Gasteiger partial charge in [-0.1, -0.05) is 37.5 Å². The van der Waals surface area contributed by atoms with Crippen molar-refractivity contribution in [1.82, 2.24) is 0 Å². The third-order valence-electron chi connectivity index (χ3n) is 5.39. The Morgan fingerprint density at radius 1 is 0.611 bits per heavy atom. The molecule has 1 N–H and O–H groups in total. The summed E-state index contributed by atoms with van der Waals surface area (Å²) in [5, 5.41) is 10.1. The van der Waals surface area contributed by atoms with Crippen LogP contribution < -0.4 is 0 Å². The van der Waals surface area contributed by atoms with E-state index in [0.29, 0.717) is 0 Å². The van der Waals surface area contributed by atoms with Crippen LogP contribution in [-0.4, -0.2) is 61.5 Å². The number of ether oxygens (including phenoxy) is 4. The summed E-state index contributed by atoms with van der Waals surface area (Å²) in [5.74, 6) is -3.01. The lowest BCUT2D eigenvalue weighted by Gasteiger charge is -2.45. The lowest BCUT2D eigenvalue weighted by atomic mass is 9.56. The van der Waals surface area contributed by atoms with Crippen molar-refractivity contribution in [2.75, 3.05) is 26.4 Å². The van der Waals surface area contributed by atoms with Crippen LogP contribution in [0.5, 0.6) is 0 Å². The molecule has 0 aromatic heterocycles.